The highest BCUT2D eigenvalue weighted by atomic mass is 19.2. The van der Waals surface area contributed by atoms with Gasteiger partial charge in [-0.1, -0.05) is 24.3 Å². The Labute approximate surface area is 145 Å². The molecule has 1 N–H and O–H groups in total. The van der Waals surface area contributed by atoms with Crippen LogP contribution in [0.2, 0.25) is 0 Å². The second-order valence-corrected chi connectivity index (χ2v) is 6.41. The van der Waals surface area contributed by atoms with Crippen LogP contribution < -0.4 is 4.90 Å². The maximum Gasteiger partial charge on any atom is 0.203 e. The van der Waals surface area contributed by atoms with Gasteiger partial charge in [0.15, 0.2) is 11.6 Å². The summed E-state index contributed by atoms with van der Waals surface area (Å²) in [4.78, 5) is 12.4. The molecule has 25 heavy (non-hydrogen) atoms. The molecule has 3 aromatic rings. The number of imidazole rings is 1. The van der Waals surface area contributed by atoms with Crippen molar-refractivity contribution in [1.82, 2.24) is 14.9 Å². The van der Waals surface area contributed by atoms with Crippen molar-refractivity contribution in [2.75, 3.05) is 31.1 Å². The van der Waals surface area contributed by atoms with Crippen molar-refractivity contribution >= 4 is 17.0 Å². The van der Waals surface area contributed by atoms with Gasteiger partial charge < -0.3 is 9.88 Å². The highest BCUT2D eigenvalue weighted by Crippen LogP contribution is 2.20. The minimum Gasteiger partial charge on any atom is -0.341 e. The molecule has 0 spiro atoms. The van der Waals surface area contributed by atoms with Gasteiger partial charge in [-0.25, -0.2) is 13.8 Å². The number of aromatic nitrogens is 2. The van der Waals surface area contributed by atoms with Crippen LogP contribution in [0.4, 0.5) is 14.7 Å². The molecule has 0 amide bonds. The zero-order valence-electron chi connectivity index (χ0n) is 13.9. The second-order valence-electron chi connectivity index (χ2n) is 6.41. The molecular formula is C19H20F2N4. The van der Waals surface area contributed by atoms with Crippen molar-refractivity contribution in [2.24, 2.45) is 0 Å². The van der Waals surface area contributed by atoms with Crippen molar-refractivity contribution in [3.8, 4) is 0 Å². The molecule has 130 valence electrons. The van der Waals surface area contributed by atoms with Gasteiger partial charge in [0, 0.05) is 38.3 Å². The lowest BCUT2D eigenvalue weighted by molar-refractivity contribution is 0.279. The first-order valence-electron chi connectivity index (χ1n) is 8.55. The Hall–Kier alpha value is -2.47. The SMILES string of the molecule is Fc1cccc(CN2CCCN(c3nc4ccccc4[nH]3)CC2)c1F. The largest absolute Gasteiger partial charge is 0.341 e. The van der Waals surface area contributed by atoms with Crippen LogP contribution in [0.15, 0.2) is 42.5 Å². The van der Waals surface area contributed by atoms with Crippen molar-refractivity contribution < 1.29 is 8.78 Å². The number of anilines is 1. The van der Waals surface area contributed by atoms with Crippen molar-refractivity contribution in [3.63, 3.8) is 0 Å². The van der Waals surface area contributed by atoms with E-state index in [9.17, 15) is 8.78 Å². The molecule has 4 nitrogen and oxygen atoms in total. The van der Waals surface area contributed by atoms with Crippen LogP contribution in [0.3, 0.4) is 0 Å². The van der Waals surface area contributed by atoms with Crippen LogP contribution in [0.5, 0.6) is 0 Å². The molecule has 1 aliphatic heterocycles. The van der Waals surface area contributed by atoms with Gasteiger partial charge >= 0.3 is 0 Å². The molecule has 1 fully saturated rings. The summed E-state index contributed by atoms with van der Waals surface area (Å²) in [6, 6.07) is 12.3. The summed E-state index contributed by atoms with van der Waals surface area (Å²) >= 11 is 0. The van der Waals surface area contributed by atoms with Gasteiger partial charge in [0.25, 0.3) is 0 Å². The van der Waals surface area contributed by atoms with E-state index in [0.717, 1.165) is 55.6 Å². The molecular weight excluding hydrogens is 322 g/mol. The van der Waals surface area contributed by atoms with Crippen LogP contribution in [0.1, 0.15) is 12.0 Å². The summed E-state index contributed by atoms with van der Waals surface area (Å²) in [5.41, 5.74) is 2.40. The van der Waals surface area contributed by atoms with Crippen molar-refractivity contribution in [1.29, 1.82) is 0 Å². The highest BCUT2D eigenvalue weighted by Gasteiger charge is 2.19. The molecule has 2 heterocycles. The topological polar surface area (TPSA) is 35.2 Å². The molecule has 0 atom stereocenters. The van der Waals surface area contributed by atoms with Gasteiger partial charge in [0.05, 0.1) is 11.0 Å². The van der Waals surface area contributed by atoms with Gasteiger partial charge in [-0.15, -0.1) is 0 Å². The number of H-pyrrole nitrogens is 1. The predicted octanol–water partition coefficient (Wildman–Crippen LogP) is 3.55. The van der Waals surface area contributed by atoms with E-state index in [-0.39, 0.29) is 0 Å². The molecule has 0 unspecified atom stereocenters. The zero-order chi connectivity index (χ0) is 17.2. The molecule has 6 heteroatoms. The lowest BCUT2D eigenvalue weighted by Crippen LogP contribution is -2.31. The van der Waals surface area contributed by atoms with E-state index in [1.807, 2.05) is 24.3 Å². The van der Waals surface area contributed by atoms with Crippen molar-refractivity contribution in [3.05, 3.63) is 59.7 Å². The number of hydrogen-bond donors (Lipinski definition) is 1. The number of aromatic amines is 1. The fraction of sp³-hybridized carbons (Fsp3) is 0.316. The highest BCUT2D eigenvalue weighted by molar-refractivity contribution is 5.77. The Bertz CT molecular complexity index is 844. The zero-order valence-corrected chi connectivity index (χ0v) is 13.9. The summed E-state index contributed by atoms with van der Waals surface area (Å²) in [5.74, 6) is -0.642. The third kappa shape index (κ3) is 3.35. The first-order chi connectivity index (χ1) is 12.2. The van der Waals surface area contributed by atoms with Gasteiger partial charge in [-0.3, -0.25) is 4.90 Å². The smallest absolute Gasteiger partial charge is 0.203 e. The molecule has 0 aliphatic carbocycles. The van der Waals surface area contributed by atoms with E-state index in [0.29, 0.717) is 12.1 Å². The first kappa shape index (κ1) is 16.0. The summed E-state index contributed by atoms with van der Waals surface area (Å²) in [7, 11) is 0. The van der Waals surface area contributed by atoms with Crippen LogP contribution >= 0.6 is 0 Å². The van der Waals surface area contributed by atoms with E-state index in [4.69, 9.17) is 0 Å². The predicted molar refractivity (Wildman–Crippen MR) is 94.6 cm³/mol. The first-order valence-corrected chi connectivity index (χ1v) is 8.55. The van der Waals surface area contributed by atoms with Gasteiger partial charge in [-0.05, 0) is 24.6 Å². The van der Waals surface area contributed by atoms with Gasteiger partial charge in [0.2, 0.25) is 5.95 Å². The Balaban J connectivity index is 1.45. The monoisotopic (exact) mass is 342 g/mol. The average Bonchev–Trinajstić information content (AvgIpc) is 2.91. The number of fused-ring (bicyclic) bond motifs is 1. The average molecular weight is 342 g/mol. The molecule has 0 radical (unpaired) electrons. The fourth-order valence-electron chi connectivity index (χ4n) is 3.34. The van der Waals surface area contributed by atoms with Crippen LogP contribution in [0.25, 0.3) is 11.0 Å². The van der Waals surface area contributed by atoms with Gasteiger partial charge in [-0.2, -0.15) is 0 Å². The Morgan fingerprint density at radius 2 is 1.84 bits per heavy atom. The quantitative estimate of drug-likeness (QED) is 0.791. The minimum atomic E-state index is -0.781. The third-order valence-corrected chi connectivity index (χ3v) is 4.69. The molecule has 1 aromatic heterocycles. The molecule has 1 saturated heterocycles. The minimum absolute atomic E-state index is 0.414. The number of para-hydroxylation sites is 2. The lowest BCUT2D eigenvalue weighted by Gasteiger charge is -2.21. The summed E-state index contributed by atoms with van der Waals surface area (Å²) < 4.78 is 27.3. The second kappa shape index (κ2) is 6.80. The van der Waals surface area contributed by atoms with E-state index in [1.165, 1.54) is 0 Å². The molecule has 0 saturated carbocycles. The third-order valence-electron chi connectivity index (χ3n) is 4.69. The number of nitrogens with zero attached hydrogens (tertiary/aromatic N) is 3. The Morgan fingerprint density at radius 1 is 0.960 bits per heavy atom. The van der Waals surface area contributed by atoms with Crippen molar-refractivity contribution in [2.45, 2.75) is 13.0 Å². The standard InChI is InChI=1S/C19H20F2N4/c20-15-6-3-5-14(18(15)21)13-24-9-4-10-25(12-11-24)19-22-16-7-1-2-8-17(16)23-19/h1-3,5-8H,4,9-13H2,(H,22,23). The number of rotatable bonds is 3. The van der Waals surface area contributed by atoms with E-state index in [1.54, 1.807) is 12.1 Å². The molecule has 4 rings (SSSR count). The summed E-state index contributed by atoms with van der Waals surface area (Å²) in [6.45, 7) is 3.76. The number of benzene rings is 2. The summed E-state index contributed by atoms with van der Waals surface area (Å²) in [6.07, 6.45) is 0.952. The molecule has 0 bridgehead atoms. The van der Waals surface area contributed by atoms with Crippen LogP contribution in [-0.2, 0) is 6.54 Å². The molecule has 2 aromatic carbocycles. The maximum atomic E-state index is 13.9. The van der Waals surface area contributed by atoms with Crippen LogP contribution in [0, 0.1) is 11.6 Å². The van der Waals surface area contributed by atoms with Gasteiger partial charge in [0.1, 0.15) is 0 Å². The lowest BCUT2D eigenvalue weighted by atomic mass is 10.2. The fourth-order valence-corrected chi connectivity index (χ4v) is 3.34. The van der Waals surface area contributed by atoms with Crippen LogP contribution in [-0.4, -0.2) is 41.0 Å². The normalized spacial score (nSPS) is 16.3. The number of nitrogens with one attached hydrogen (secondary N) is 1. The van der Waals surface area contributed by atoms with E-state index in [2.05, 4.69) is 19.8 Å². The molecule has 1 aliphatic rings. The summed E-state index contributed by atoms with van der Waals surface area (Å²) in [5, 5.41) is 0. The maximum absolute atomic E-state index is 13.9. The van der Waals surface area contributed by atoms with E-state index >= 15 is 0 Å². The number of halogens is 2. The Morgan fingerprint density at radius 3 is 2.72 bits per heavy atom. The Kier molecular flexibility index (Phi) is 4.36. The number of hydrogen-bond acceptors (Lipinski definition) is 3. The van der Waals surface area contributed by atoms with E-state index < -0.39 is 11.6 Å².